The standard InChI is InChI=1S/C25H20FN3O/c26-22-6-2-1-5-21(22)18-10-8-17(9-11-18)4-3-7-24-28-25(29-30-24)20-13-12-19-14-15-27-23(19)16-20/h1-2,5-6,8-16,27H,3-4,7H2. The summed E-state index contributed by atoms with van der Waals surface area (Å²) in [6, 6.07) is 23.0. The van der Waals surface area contributed by atoms with E-state index in [1.54, 1.807) is 12.1 Å². The summed E-state index contributed by atoms with van der Waals surface area (Å²) in [6.45, 7) is 0. The summed E-state index contributed by atoms with van der Waals surface area (Å²) < 4.78 is 19.4. The number of fused-ring (bicyclic) bond motifs is 1. The summed E-state index contributed by atoms with van der Waals surface area (Å²) in [4.78, 5) is 7.73. The zero-order chi connectivity index (χ0) is 20.3. The van der Waals surface area contributed by atoms with E-state index in [0.717, 1.165) is 34.9 Å². The van der Waals surface area contributed by atoms with Crippen LogP contribution in [0.2, 0.25) is 0 Å². The smallest absolute Gasteiger partial charge is 0.226 e. The summed E-state index contributed by atoms with van der Waals surface area (Å²) in [5, 5.41) is 5.28. The van der Waals surface area contributed by atoms with Crippen LogP contribution < -0.4 is 0 Å². The number of aromatic nitrogens is 3. The molecule has 0 unspecified atom stereocenters. The summed E-state index contributed by atoms with van der Waals surface area (Å²) in [6.07, 6.45) is 4.42. The van der Waals surface area contributed by atoms with E-state index >= 15 is 0 Å². The molecule has 30 heavy (non-hydrogen) atoms. The van der Waals surface area contributed by atoms with Gasteiger partial charge in [0.05, 0.1) is 0 Å². The van der Waals surface area contributed by atoms with Crippen molar-refractivity contribution < 1.29 is 8.91 Å². The van der Waals surface area contributed by atoms with Crippen molar-refractivity contribution in [3.05, 3.63) is 96.3 Å². The number of H-pyrrole nitrogens is 1. The molecule has 0 atom stereocenters. The van der Waals surface area contributed by atoms with Gasteiger partial charge in [0.2, 0.25) is 11.7 Å². The first-order chi connectivity index (χ1) is 14.8. The molecule has 2 heterocycles. The fourth-order valence-corrected chi connectivity index (χ4v) is 3.65. The number of rotatable bonds is 6. The lowest BCUT2D eigenvalue weighted by Crippen LogP contribution is -1.91. The van der Waals surface area contributed by atoms with Crippen molar-refractivity contribution in [3.8, 4) is 22.5 Å². The Bertz CT molecular complexity index is 1290. The fourth-order valence-electron chi connectivity index (χ4n) is 3.65. The van der Waals surface area contributed by atoms with Gasteiger partial charge in [-0.2, -0.15) is 4.98 Å². The minimum Gasteiger partial charge on any atom is -0.361 e. The molecule has 0 fully saturated rings. The highest BCUT2D eigenvalue weighted by Gasteiger charge is 2.10. The number of benzene rings is 3. The quantitative estimate of drug-likeness (QED) is 0.371. The highest BCUT2D eigenvalue weighted by molar-refractivity contribution is 5.83. The Morgan fingerprint density at radius 1 is 0.867 bits per heavy atom. The Kier molecular flexibility index (Phi) is 4.85. The van der Waals surface area contributed by atoms with E-state index in [9.17, 15) is 4.39 Å². The molecular formula is C25H20FN3O. The Balaban J connectivity index is 1.20. The Morgan fingerprint density at radius 3 is 2.57 bits per heavy atom. The number of nitrogens with one attached hydrogen (secondary N) is 1. The average Bonchev–Trinajstić information content (AvgIpc) is 3.44. The third kappa shape index (κ3) is 3.74. The monoisotopic (exact) mass is 397 g/mol. The van der Waals surface area contributed by atoms with Gasteiger partial charge in [-0.3, -0.25) is 0 Å². The van der Waals surface area contributed by atoms with Crippen LogP contribution in [0.15, 0.2) is 83.5 Å². The highest BCUT2D eigenvalue weighted by Crippen LogP contribution is 2.24. The van der Waals surface area contributed by atoms with E-state index in [1.807, 2.05) is 60.8 Å². The molecular weight excluding hydrogens is 377 g/mol. The van der Waals surface area contributed by atoms with Crippen LogP contribution >= 0.6 is 0 Å². The first-order valence-corrected chi connectivity index (χ1v) is 10.0. The topological polar surface area (TPSA) is 54.7 Å². The molecule has 5 rings (SSSR count). The lowest BCUT2D eigenvalue weighted by molar-refractivity contribution is 0.376. The minimum atomic E-state index is -0.201. The molecule has 0 amide bonds. The van der Waals surface area contributed by atoms with Crippen LogP contribution in [0.3, 0.4) is 0 Å². The molecule has 5 heteroatoms. The SMILES string of the molecule is Fc1ccccc1-c1ccc(CCCc2nc(-c3ccc4cc[nH]c4c3)no2)cc1. The van der Waals surface area contributed by atoms with E-state index in [0.29, 0.717) is 23.7 Å². The van der Waals surface area contributed by atoms with Gasteiger partial charge >= 0.3 is 0 Å². The van der Waals surface area contributed by atoms with Gasteiger partial charge in [0.25, 0.3) is 0 Å². The summed E-state index contributed by atoms with van der Waals surface area (Å²) >= 11 is 0. The number of nitrogens with zero attached hydrogens (tertiary/aromatic N) is 2. The molecule has 2 aromatic heterocycles. The molecule has 0 bridgehead atoms. The Labute approximate surface area is 173 Å². The fraction of sp³-hybridized carbons (Fsp3) is 0.120. The molecule has 1 N–H and O–H groups in total. The van der Waals surface area contributed by atoms with E-state index in [2.05, 4.69) is 15.1 Å². The Hall–Kier alpha value is -3.73. The molecule has 4 nitrogen and oxygen atoms in total. The zero-order valence-electron chi connectivity index (χ0n) is 16.3. The van der Waals surface area contributed by atoms with E-state index in [4.69, 9.17) is 4.52 Å². The second-order valence-electron chi connectivity index (χ2n) is 7.32. The van der Waals surface area contributed by atoms with E-state index in [1.165, 1.54) is 11.6 Å². The predicted molar refractivity (Wildman–Crippen MR) is 115 cm³/mol. The summed E-state index contributed by atoms with van der Waals surface area (Å²) in [7, 11) is 0. The molecule has 3 aromatic carbocycles. The lowest BCUT2D eigenvalue weighted by atomic mass is 10.0. The van der Waals surface area contributed by atoms with Crippen LogP contribution in [0.25, 0.3) is 33.4 Å². The summed E-state index contributed by atoms with van der Waals surface area (Å²) in [5.74, 6) is 1.04. The van der Waals surface area contributed by atoms with Crippen LogP contribution in [-0.2, 0) is 12.8 Å². The molecule has 148 valence electrons. The van der Waals surface area contributed by atoms with Crippen molar-refractivity contribution in [2.24, 2.45) is 0 Å². The second kappa shape index (κ2) is 7.95. The maximum Gasteiger partial charge on any atom is 0.226 e. The number of halogens is 1. The van der Waals surface area contributed by atoms with Gasteiger partial charge in [-0.05, 0) is 47.6 Å². The maximum atomic E-state index is 13.9. The molecule has 0 aliphatic carbocycles. The third-order valence-electron chi connectivity index (χ3n) is 5.28. The van der Waals surface area contributed by atoms with Crippen LogP contribution in [0.4, 0.5) is 4.39 Å². The van der Waals surface area contributed by atoms with Crippen molar-refractivity contribution in [2.45, 2.75) is 19.3 Å². The number of hydrogen-bond acceptors (Lipinski definition) is 3. The number of aryl methyl sites for hydroxylation is 2. The maximum absolute atomic E-state index is 13.9. The molecule has 0 saturated carbocycles. The van der Waals surface area contributed by atoms with E-state index < -0.39 is 0 Å². The molecule has 5 aromatic rings. The van der Waals surface area contributed by atoms with Gasteiger partial charge in [-0.15, -0.1) is 0 Å². The predicted octanol–water partition coefficient (Wildman–Crippen LogP) is 6.20. The van der Waals surface area contributed by atoms with Crippen LogP contribution in [0.1, 0.15) is 17.9 Å². The van der Waals surface area contributed by atoms with Gasteiger partial charge in [0.15, 0.2) is 0 Å². The molecule has 0 spiro atoms. The van der Waals surface area contributed by atoms with Crippen molar-refractivity contribution in [2.75, 3.05) is 0 Å². The molecule has 0 aliphatic rings. The van der Waals surface area contributed by atoms with Crippen LogP contribution in [0, 0.1) is 5.82 Å². The average molecular weight is 397 g/mol. The molecule has 0 aliphatic heterocycles. The van der Waals surface area contributed by atoms with E-state index in [-0.39, 0.29) is 5.82 Å². The lowest BCUT2D eigenvalue weighted by Gasteiger charge is -2.05. The van der Waals surface area contributed by atoms with Gasteiger partial charge in [-0.1, -0.05) is 59.8 Å². The Morgan fingerprint density at radius 2 is 1.70 bits per heavy atom. The van der Waals surface area contributed by atoms with Gasteiger partial charge < -0.3 is 9.51 Å². The van der Waals surface area contributed by atoms with Crippen LogP contribution in [0.5, 0.6) is 0 Å². The largest absolute Gasteiger partial charge is 0.361 e. The first-order valence-electron chi connectivity index (χ1n) is 10.0. The van der Waals surface area contributed by atoms with Crippen LogP contribution in [-0.4, -0.2) is 15.1 Å². The van der Waals surface area contributed by atoms with Gasteiger partial charge in [-0.25, -0.2) is 4.39 Å². The third-order valence-corrected chi connectivity index (χ3v) is 5.28. The summed E-state index contributed by atoms with van der Waals surface area (Å²) in [5.41, 5.74) is 4.70. The molecule has 0 radical (unpaired) electrons. The number of aromatic amines is 1. The van der Waals surface area contributed by atoms with Crippen molar-refractivity contribution in [3.63, 3.8) is 0 Å². The normalized spacial score (nSPS) is 11.2. The van der Waals surface area contributed by atoms with Crippen molar-refractivity contribution in [1.82, 2.24) is 15.1 Å². The van der Waals surface area contributed by atoms with Gasteiger partial charge in [0, 0.05) is 29.3 Å². The van der Waals surface area contributed by atoms with Gasteiger partial charge in [0.1, 0.15) is 5.82 Å². The number of hydrogen-bond donors (Lipinski definition) is 1. The highest BCUT2D eigenvalue weighted by atomic mass is 19.1. The first kappa shape index (κ1) is 18.3. The van der Waals surface area contributed by atoms with Crippen molar-refractivity contribution in [1.29, 1.82) is 0 Å². The zero-order valence-corrected chi connectivity index (χ0v) is 16.3. The van der Waals surface area contributed by atoms with Crippen molar-refractivity contribution >= 4 is 10.9 Å². The minimum absolute atomic E-state index is 0.201. The molecule has 0 saturated heterocycles. The second-order valence-corrected chi connectivity index (χ2v) is 7.32.